The quantitative estimate of drug-likeness (QED) is 0.467. The molecule has 0 saturated carbocycles. The molecule has 3 aromatic rings. The van der Waals surface area contributed by atoms with Crippen LogP contribution in [0.25, 0.3) is 11.1 Å². The summed E-state index contributed by atoms with van der Waals surface area (Å²) in [6.07, 6.45) is 4.70. The summed E-state index contributed by atoms with van der Waals surface area (Å²) in [5.74, 6) is -0.593. The number of halogens is 1. The first-order valence-corrected chi connectivity index (χ1v) is 10.5. The van der Waals surface area contributed by atoms with Crippen LogP contribution in [0.4, 0.5) is 4.39 Å². The van der Waals surface area contributed by atoms with Gasteiger partial charge in [-0.3, -0.25) is 4.79 Å². The Labute approximate surface area is 177 Å². The normalized spacial score (nSPS) is 11.0. The fourth-order valence-electron chi connectivity index (χ4n) is 4.06. The number of aryl methyl sites for hydroxylation is 1. The van der Waals surface area contributed by atoms with Crippen LogP contribution in [0.5, 0.6) is 5.75 Å². The minimum absolute atomic E-state index is 0.237. The first-order valence-electron chi connectivity index (χ1n) is 10.5. The molecule has 30 heavy (non-hydrogen) atoms. The Morgan fingerprint density at radius 1 is 1.10 bits per heavy atom. The number of nitrogens with two attached hydrogens (primary N) is 1. The summed E-state index contributed by atoms with van der Waals surface area (Å²) in [7, 11) is 0. The molecule has 0 spiro atoms. The molecule has 0 bridgehead atoms. The van der Waals surface area contributed by atoms with E-state index in [1.807, 2.05) is 25.1 Å². The molecular formula is C25H29FN2O2. The van der Waals surface area contributed by atoms with E-state index in [9.17, 15) is 14.3 Å². The van der Waals surface area contributed by atoms with Gasteiger partial charge in [-0.05, 0) is 61.6 Å². The van der Waals surface area contributed by atoms with Crippen molar-refractivity contribution in [2.75, 3.05) is 0 Å². The van der Waals surface area contributed by atoms with Gasteiger partial charge in [0, 0.05) is 23.5 Å². The number of aromatic hydroxyl groups is 1. The van der Waals surface area contributed by atoms with E-state index in [0.717, 1.165) is 54.6 Å². The molecule has 1 amide bonds. The molecule has 1 heterocycles. The Balaban J connectivity index is 2.08. The predicted molar refractivity (Wildman–Crippen MR) is 118 cm³/mol. The van der Waals surface area contributed by atoms with E-state index in [4.69, 9.17) is 5.73 Å². The molecule has 0 radical (unpaired) electrons. The summed E-state index contributed by atoms with van der Waals surface area (Å²) in [4.78, 5) is 12.4. The molecule has 0 aliphatic heterocycles. The zero-order chi connectivity index (χ0) is 21.7. The average Bonchev–Trinajstić information content (AvgIpc) is 2.99. The van der Waals surface area contributed by atoms with Crippen LogP contribution in [0.1, 0.15) is 53.5 Å². The fourth-order valence-corrected chi connectivity index (χ4v) is 4.06. The zero-order valence-corrected chi connectivity index (χ0v) is 17.6. The Morgan fingerprint density at radius 3 is 2.47 bits per heavy atom. The van der Waals surface area contributed by atoms with E-state index in [2.05, 4.69) is 11.5 Å². The van der Waals surface area contributed by atoms with Gasteiger partial charge in [0.05, 0.1) is 5.56 Å². The summed E-state index contributed by atoms with van der Waals surface area (Å²) >= 11 is 0. The number of carbonyl (C=O) groups excluding carboxylic acids is 1. The lowest BCUT2D eigenvalue weighted by atomic mass is 9.97. The summed E-state index contributed by atoms with van der Waals surface area (Å²) in [5.41, 5.74) is 10.6. The van der Waals surface area contributed by atoms with Gasteiger partial charge in [0.2, 0.25) is 0 Å². The number of primary amides is 1. The third-order valence-corrected chi connectivity index (χ3v) is 5.57. The van der Waals surface area contributed by atoms with Crippen molar-refractivity contribution >= 4 is 5.91 Å². The molecule has 3 rings (SSSR count). The number of benzene rings is 2. The summed E-state index contributed by atoms with van der Waals surface area (Å²) in [6.45, 7) is 4.73. The maximum Gasteiger partial charge on any atom is 0.251 e. The molecule has 0 aliphatic carbocycles. The molecule has 0 fully saturated rings. The number of aromatic nitrogens is 1. The second kappa shape index (κ2) is 9.61. The van der Waals surface area contributed by atoms with Gasteiger partial charge in [-0.1, -0.05) is 44.0 Å². The third-order valence-electron chi connectivity index (χ3n) is 5.57. The highest BCUT2D eigenvalue weighted by molar-refractivity contribution is 6.02. The van der Waals surface area contributed by atoms with Gasteiger partial charge < -0.3 is 15.4 Å². The number of nitrogens with zero attached hydrogens (tertiary/aromatic N) is 1. The lowest BCUT2D eigenvalue weighted by molar-refractivity contribution is 0.1000. The lowest BCUT2D eigenvalue weighted by Gasteiger charge is -2.14. The van der Waals surface area contributed by atoms with Crippen LogP contribution in [0.15, 0.2) is 48.5 Å². The topological polar surface area (TPSA) is 68.2 Å². The van der Waals surface area contributed by atoms with Gasteiger partial charge in [0.1, 0.15) is 11.6 Å². The SMILES string of the molecule is CCCCCc1c(-c2cccc(F)c2)c(C(N)=O)c(C)n1CCc1ccc(O)cc1. The Bertz CT molecular complexity index is 1020. The number of carbonyl (C=O) groups is 1. The van der Waals surface area contributed by atoms with Crippen molar-refractivity contribution in [1.82, 2.24) is 4.57 Å². The van der Waals surface area contributed by atoms with Gasteiger partial charge in [-0.15, -0.1) is 0 Å². The Morgan fingerprint density at radius 2 is 1.83 bits per heavy atom. The lowest BCUT2D eigenvalue weighted by Crippen LogP contribution is -2.14. The molecule has 5 heteroatoms. The van der Waals surface area contributed by atoms with Crippen LogP contribution in [0.2, 0.25) is 0 Å². The number of hydrogen-bond acceptors (Lipinski definition) is 2. The first-order chi connectivity index (χ1) is 14.4. The van der Waals surface area contributed by atoms with Crippen molar-refractivity contribution in [3.05, 3.63) is 76.9 Å². The highest BCUT2D eigenvalue weighted by atomic mass is 19.1. The number of hydrogen-bond donors (Lipinski definition) is 2. The van der Waals surface area contributed by atoms with Crippen molar-refractivity contribution in [3.8, 4) is 16.9 Å². The van der Waals surface area contributed by atoms with Gasteiger partial charge in [0.25, 0.3) is 5.91 Å². The number of unbranched alkanes of at least 4 members (excludes halogenated alkanes) is 2. The number of phenolic OH excluding ortho intramolecular Hbond substituents is 1. The largest absolute Gasteiger partial charge is 0.508 e. The smallest absolute Gasteiger partial charge is 0.251 e. The summed E-state index contributed by atoms with van der Waals surface area (Å²) < 4.78 is 16.1. The molecule has 0 saturated heterocycles. The van der Waals surface area contributed by atoms with Crippen molar-refractivity contribution in [2.24, 2.45) is 5.73 Å². The number of phenols is 1. The van der Waals surface area contributed by atoms with E-state index in [1.165, 1.54) is 12.1 Å². The highest BCUT2D eigenvalue weighted by Crippen LogP contribution is 2.34. The predicted octanol–water partition coefficient (Wildman–Crippen LogP) is 5.38. The van der Waals surface area contributed by atoms with Gasteiger partial charge in [0.15, 0.2) is 0 Å². The van der Waals surface area contributed by atoms with Crippen molar-refractivity contribution in [3.63, 3.8) is 0 Å². The van der Waals surface area contributed by atoms with Gasteiger partial charge >= 0.3 is 0 Å². The summed E-state index contributed by atoms with van der Waals surface area (Å²) in [5, 5.41) is 9.51. The van der Waals surface area contributed by atoms with Crippen LogP contribution in [0.3, 0.4) is 0 Å². The zero-order valence-electron chi connectivity index (χ0n) is 17.6. The van der Waals surface area contributed by atoms with Crippen LogP contribution >= 0.6 is 0 Å². The Hall–Kier alpha value is -3.08. The van der Waals surface area contributed by atoms with E-state index in [1.54, 1.807) is 18.2 Å². The third kappa shape index (κ3) is 4.73. The Kier molecular flexibility index (Phi) is 6.93. The molecule has 4 nitrogen and oxygen atoms in total. The van der Waals surface area contributed by atoms with E-state index in [-0.39, 0.29) is 11.6 Å². The molecule has 0 unspecified atom stereocenters. The van der Waals surface area contributed by atoms with Crippen LogP contribution < -0.4 is 5.73 Å². The maximum absolute atomic E-state index is 14.0. The minimum atomic E-state index is -0.494. The second-order valence-corrected chi connectivity index (χ2v) is 7.68. The first kappa shape index (κ1) is 21.6. The summed E-state index contributed by atoms with van der Waals surface area (Å²) in [6, 6.07) is 13.5. The van der Waals surface area contributed by atoms with Gasteiger partial charge in [-0.2, -0.15) is 0 Å². The number of amides is 1. The molecule has 0 aliphatic rings. The second-order valence-electron chi connectivity index (χ2n) is 7.68. The van der Waals surface area contributed by atoms with Crippen molar-refractivity contribution in [2.45, 2.75) is 52.5 Å². The molecule has 1 aromatic heterocycles. The average molecular weight is 409 g/mol. The van der Waals surface area contributed by atoms with E-state index >= 15 is 0 Å². The molecule has 2 aromatic carbocycles. The molecule has 3 N–H and O–H groups in total. The van der Waals surface area contributed by atoms with Crippen molar-refractivity contribution in [1.29, 1.82) is 0 Å². The van der Waals surface area contributed by atoms with E-state index in [0.29, 0.717) is 17.7 Å². The van der Waals surface area contributed by atoms with Crippen LogP contribution in [0, 0.1) is 12.7 Å². The molecule has 158 valence electrons. The van der Waals surface area contributed by atoms with E-state index < -0.39 is 5.91 Å². The van der Waals surface area contributed by atoms with Crippen LogP contribution in [-0.4, -0.2) is 15.6 Å². The van der Waals surface area contributed by atoms with Crippen molar-refractivity contribution < 1.29 is 14.3 Å². The minimum Gasteiger partial charge on any atom is -0.508 e. The standard InChI is InChI=1S/C25H29FN2O2/c1-3-4-5-9-22-24(19-7-6-8-20(26)16-19)23(25(27)30)17(2)28(22)15-14-18-10-12-21(29)13-11-18/h6-8,10-13,16,29H,3-5,9,14-15H2,1-2H3,(H2,27,30). The molecule has 0 atom stereocenters. The molecular weight excluding hydrogens is 379 g/mol. The van der Waals surface area contributed by atoms with Gasteiger partial charge in [-0.25, -0.2) is 4.39 Å². The number of rotatable bonds is 9. The monoisotopic (exact) mass is 408 g/mol. The highest BCUT2D eigenvalue weighted by Gasteiger charge is 2.24. The van der Waals surface area contributed by atoms with Crippen LogP contribution in [-0.2, 0) is 19.4 Å². The maximum atomic E-state index is 14.0. The fraction of sp³-hybridized carbons (Fsp3) is 0.320.